The Kier molecular flexibility index (Phi) is 17.4. The van der Waals surface area contributed by atoms with E-state index in [1.165, 1.54) is 11.1 Å². The molecule has 38 heavy (non-hydrogen) atoms. The Morgan fingerprint density at radius 1 is 1.24 bits per heavy atom. The minimum atomic E-state index is -1.30. The maximum Gasteiger partial charge on any atom is 0.321 e. The normalized spacial score (nSPS) is 16.4. The van der Waals surface area contributed by atoms with Crippen molar-refractivity contribution in [1.82, 2.24) is 4.67 Å². The Bertz CT molecular complexity index is 838. The average molecular weight is 551 g/mol. The van der Waals surface area contributed by atoms with Crippen LogP contribution in [0.4, 0.5) is 0 Å². The first-order valence-corrected chi connectivity index (χ1v) is 15.3. The first-order valence-electron chi connectivity index (χ1n) is 14.2. The van der Waals surface area contributed by atoms with Crippen LogP contribution >= 0.6 is 8.53 Å². The number of rotatable bonds is 16. The summed E-state index contributed by atoms with van der Waals surface area (Å²) in [7, 11) is -1.30. The number of nitriles is 1. The highest BCUT2D eigenvalue weighted by Crippen LogP contribution is 2.48. The van der Waals surface area contributed by atoms with Gasteiger partial charge in [0.05, 0.1) is 19.1 Å². The standard InChI is InChI=1S/C25H42N3O3P.C4H9NO/c1-19(2)28(20(3)4)32(30-17-9-15-26)31-25-12-8-10-21-18-22(13-14-23(21)25)24(27)11-6-5-7-16-29;1-2-3-4(5)6/h8,10,12,19-20,22,24,29H,5-7,9,11,13-14,16-18,27H2,1-4H3;2-3H2,1H3,(H2,5,6). The van der Waals surface area contributed by atoms with Gasteiger partial charge >= 0.3 is 8.53 Å². The van der Waals surface area contributed by atoms with Gasteiger partial charge in [-0.3, -0.25) is 4.79 Å². The van der Waals surface area contributed by atoms with Gasteiger partial charge in [-0.05, 0) is 89.3 Å². The smallest absolute Gasteiger partial charge is 0.321 e. The van der Waals surface area contributed by atoms with E-state index in [0.29, 0.717) is 25.4 Å². The van der Waals surface area contributed by atoms with Crippen LogP contribution in [0.1, 0.15) is 97.1 Å². The number of aliphatic hydroxyl groups is 1. The fraction of sp³-hybridized carbons (Fsp3) is 0.724. The number of carbonyl (C=O) groups is 1. The molecule has 0 saturated carbocycles. The molecular weight excluding hydrogens is 499 g/mol. The molecule has 0 bridgehead atoms. The van der Waals surface area contributed by atoms with Gasteiger partial charge in [-0.2, -0.15) is 5.26 Å². The zero-order chi connectivity index (χ0) is 28.5. The predicted molar refractivity (Wildman–Crippen MR) is 155 cm³/mol. The molecule has 3 atom stereocenters. The number of nitrogens with two attached hydrogens (primary N) is 2. The first kappa shape index (κ1) is 34.3. The lowest BCUT2D eigenvalue weighted by atomic mass is 9.78. The van der Waals surface area contributed by atoms with Gasteiger partial charge in [-0.25, -0.2) is 4.67 Å². The van der Waals surface area contributed by atoms with E-state index in [9.17, 15) is 4.79 Å². The lowest BCUT2D eigenvalue weighted by Gasteiger charge is -2.36. The van der Waals surface area contributed by atoms with Gasteiger partial charge in [0.2, 0.25) is 5.91 Å². The number of hydrogen-bond acceptors (Lipinski definition) is 7. The van der Waals surface area contributed by atoms with Crippen LogP contribution in [0.15, 0.2) is 18.2 Å². The largest absolute Gasteiger partial charge is 0.435 e. The Morgan fingerprint density at radius 2 is 1.95 bits per heavy atom. The van der Waals surface area contributed by atoms with Crippen molar-refractivity contribution >= 4 is 14.4 Å². The molecule has 216 valence electrons. The predicted octanol–water partition coefficient (Wildman–Crippen LogP) is 5.60. The number of aliphatic hydroxyl groups excluding tert-OH is 1. The second kappa shape index (κ2) is 19.3. The van der Waals surface area contributed by atoms with Crippen LogP contribution in [0.3, 0.4) is 0 Å². The quantitative estimate of drug-likeness (QED) is 0.180. The number of carbonyl (C=O) groups excluding carboxylic acids is 1. The summed E-state index contributed by atoms with van der Waals surface area (Å²) in [6.45, 7) is 11.2. The van der Waals surface area contributed by atoms with Crippen molar-refractivity contribution in [2.75, 3.05) is 13.2 Å². The molecule has 1 aliphatic rings. The minimum absolute atomic E-state index is 0.204. The third-order valence-electron chi connectivity index (χ3n) is 6.61. The molecule has 0 aliphatic heterocycles. The molecule has 1 aromatic carbocycles. The van der Waals surface area contributed by atoms with Crippen molar-refractivity contribution in [1.29, 1.82) is 5.26 Å². The Hall–Kier alpha value is -1.75. The van der Waals surface area contributed by atoms with E-state index in [-0.39, 0.29) is 30.6 Å². The van der Waals surface area contributed by atoms with Gasteiger partial charge in [-0.1, -0.05) is 31.9 Å². The number of amides is 1. The second-order valence-electron chi connectivity index (χ2n) is 10.5. The van der Waals surface area contributed by atoms with E-state index < -0.39 is 8.53 Å². The molecule has 5 N–H and O–H groups in total. The van der Waals surface area contributed by atoms with Crippen LogP contribution in [-0.2, 0) is 22.2 Å². The summed E-state index contributed by atoms with van der Waals surface area (Å²) < 4.78 is 14.9. The lowest BCUT2D eigenvalue weighted by Crippen LogP contribution is -2.35. The summed E-state index contributed by atoms with van der Waals surface area (Å²) >= 11 is 0. The molecule has 1 amide bonds. The van der Waals surface area contributed by atoms with Crippen molar-refractivity contribution in [3.63, 3.8) is 0 Å². The fourth-order valence-electron chi connectivity index (χ4n) is 4.77. The maximum atomic E-state index is 9.82. The number of fused-ring (bicyclic) bond motifs is 1. The van der Waals surface area contributed by atoms with E-state index in [2.05, 4.69) is 56.6 Å². The van der Waals surface area contributed by atoms with Crippen LogP contribution in [0.2, 0.25) is 0 Å². The Labute approximate surface area is 232 Å². The Morgan fingerprint density at radius 3 is 2.50 bits per heavy atom. The van der Waals surface area contributed by atoms with E-state index in [1.54, 1.807) is 0 Å². The van der Waals surface area contributed by atoms with Gasteiger partial charge in [0.1, 0.15) is 5.75 Å². The molecule has 3 unspecified atom stereocenters. The van der Waals surface area contributed by atoms with Crippen LogP contribution in [0.25, 0.3) is 0 Å². The van der Waals surface area contributed by atoms with Gasteiger partial charge in [-0.15, -0.1) is 0 Å². The zero-order valence-electron chi connectivity index (χ0n) is 24.2. The molecule has 0 saturated heterocycles. The van der Waals surface area contributed by atoms with Crippen molar-refractivity contribution in [2.24, 2.45) is 17.4 Å². The maximum absolute atomic E-state index is 9.82. The zero-order valence-corrected chi connectivity index (χ0v) is 25.1. The molecule has 0 radical (unpaired) electrons. The minimum Gasteiger partial charge on any atom is -0.435 e. The average Bonchev–Trinajstić information content (AvgIpc) is 2.86. The molecular formula is C29H51N4O4P. The topological polar surface area (TPSA) is 135 Å². The van der Waals surface area contributed by atoms with E-state index in [0.717, 1.165) is 57.1 Å². The van der Waals surface area contributed by atoms with Crippen molar-refractivity contribution in [3.8, 4) is 11.8 Å². The molecule has 2 rings (SSSR count). The Balaban J connectivity index is 0.00000107. The molecule has 1 aromatic rings. The van der Waals surface area contributed by atoms with Crippen molar-refractivity contribution in [3.05, 3.63) is 29.3 Å². The van der Waals surface area contributed by atoms with Crippen molar-refractivity contribution in [2.45, 2.75) is 117 Å². The molecule has 1 aliphatic carbocycles. The van der Waals surface area contributed by atoms with E-state index in [1.807, 2.05) is 6.92 Å². The second-order valence-corrected chi connectivity index (χ2v) is 11.9. The highest BCUT2D eigenvalue weighted by Gasteiger charge is 2.31. The van der Waals surface area contributed by atoms with Gasteiger partial charge in [0.15, 0.2) is 0 Å². The fourth-order valence-corrected chi connectivity index (χ4v) is 6.39. The van der Waals surface area contributed by atoms with Crippen LogP contribution in [-0.4, -0.2) is 47.0 Å². The molecule has 0 heterocycles. The van der Waals surface area contributed by atoms with Crippen LogP contribution in [0, 0.1) is 17.2 Å². The molecule has 9 heteroatoms. The monoisotopic (exact) mass is 550 g/mol. The third kappa shape index (κ3) is 12.4. The number of hydrogen-bond donors (Lipinski definition) is 3. The summed E-state index contributed by atoms with van der Waals surface area (Å²) in [6.07, 6.45) is 8.76. The third-order valence-corrected chi connectivity index (χ3v) is 8.67. The summed E-state index contributed by atoms with van der Waals surface area (Å²) in [5.41, 5.74) is 13.9. The molecule has 0 fully saturated rings. The van der Waals surface area contributed by atoms with E-state index >= 15 is 0 Å². The number of benzene rings is 1. The van der Waals surface area contributed by atoms with E-state index in [4.69, 9.17) is 30.9 Å². The molecule has 0 spiro atoms. The number of nitrogens with zero attached hydrogens (tertiary/aromatic N) is 2. The van der Waals surface area contributed by atoms with Gasteiger partial charge < -0.3 is 25.6 Å². The number of primary amides is 1. The van der Waals surface area contributed by atoms with Crippen molar-refractivity contribution < 1.29 is 18.9 Å². The van der Waals surface area contributed by atoms with Gasteiger partial charge in [0, 0.05) is 31.2 Å². The number of unbranched alkanes of at least 4 members (excludes halogenated alkanes) is 2. The summed E-state index contributed by atoms with van der Waals surface area (Å²) in [4.78, 5) is 9.82. The summed E-state index contributed by atoms with van der Waals surface area (Å²) in [5.74, 6) is 1.19. The van der Waals surface area contributed by atoms with Crippen LogP contribution in [0.5, 0.6) is 5.75 Å². The molecule has 0 aromatic heterocycles. The summed E-state index contributed by atoms with van der Waals surface area (Å²) in [5, 5.41) is 17.9. The lowest BCUT2D eigenvalue weighted by molar-refractivity contribution is -0.118. The van der Waals surface area contributed by atoms with Gasteiger partial charge in [0.25, 0.3) is 0 Å². The SMILES string of the molecule is CC(C)N(C(C)C)P(OCCC#N)Oc1cccc2c1CCC(C(N)CCCCCO)C2.CCCC(N)=O. The highest BCUT2D eigenvalue weighted by molar-refractivity contribution is 7.45. The highest BCUT2D eigenvalue weighted by atomic mass is 31.2. The summed E-state index contributed by atoms with van der Waals surface area (Å²) in [6, 6.07) is 9.23. The molecule has 8 nitrogen and oxygen atoms in total. The van der Waals surface area contributed by atoms with Crippen LogP contribution < -0.4 is 16.0 Å². The first-order chi connectivity index (χ1) is 18.2.